The lowest BCUT2D eigenvalue weighted by molar-refractivity contribution is -0.156. The Morgan fingerprint density at radius 2 is 1.08 bits per heavy atom. The van der Waals surface area contributed by atoms with Gasteiger partial charge in [0.15, 0.2) is 11.5 Å². The number of carbonyl (C=O) groups is 2. The summed E-state index contributed by atoms with van der Waals surface area (Å²) in [6, 6.07) is 20.3. The number of hydrogen-bond acceptors (Lipinski definition) is 14. The van der Waals surface area contributed by atoms with E-state index >= 15 is 0 Å². The zero-order valence-corrected chi connectivity index (χ0v) is 47.8. The summed E-state index contributed by atoms with van der Waals surface area (Å²) < 4.78 is 35.8. The van der Waals surface area contributed by atoms with Crippen LogP contribution in [0.15, 0.2) is 82.1 Å². The second-order valence-electron chi connectivity index (χ2n) is 21.6. The Morgan fingerprint density at radius 3 is 1.53 bits per heavy atom. The van der Waals surface area contributed by atoms with Gasteiger partial charge in [0.2, 0.25) is 0 Å². The van der Waals surface area contributed by atoms with Gasteiger partial charge >= 0.3 is 11.9 Å². The van der Waals surface area contributed by atoms with Crippen LogP contribution in [0.4, 0.5) is 0 Å². The van der Waals surface area contributed by atoms with Crippen LogP contribution in [0.3, 0.4) is 0 Å². The first-order valence-corrected chi connectivity index (χ1v) is 28.2. The van der Waals surface area contributed by atoms with Crippen LogP contribution in [0.5, 0.6) is 0 Å². The second kappa shape index (κ2) is 27.3. The molecule has 0 saturated heterocycles. The van der Waals surface area contributed by atoms with Crippen molar-refractivity contribution in [1.29, 1.82) is 0 Å². The van der Waals surface area contributed by atoms with E-state index in [0.29, 0.717) is 44.2 Å². The Labute approximate surface area is 448 Å². The van der Waals surface area contributed by atoms with Crippen LogP contribution in [0.25, 0.3) is 21.3 Å². The Bertz CT molecular complexity index is 2570. The predicted molar refractivity (Wildman–Crippen MR) is 294 cm³/mol. The Balaban J connectivity index is 0.000000236. The molecule has 15 heteroatoms. The molecule has 0 radical (unpaired) electrons. The molecule has 4 aromatic heterocycles. The number of halogens is 1. The molecule has 0 amide bonds. The number of thiazole rings is 2. The minimum absolute atomic E-state index is 0.0775. The van der Waals surface area contributed by atoms with Gasteiger partial charge < -0.3 is 28.0 Å². The molecule has 1 fully saturated rings. The molecule has 72 heavy (non-hydrogen) atoms. The normalized spacial score (nSPS) is 13.8. The van der Waals surface area contributed by atoms with Gasteiger partial charge in [-0.3, -0.25) is 9.59 Å². The fourth-order valence-electron chi connectivity index (χ4n) is 8.20. The summed E-state index contributed by atoms with van der Waals surface area (Å²) in [6.45, 7) is 22.5. The van der Waals surface area contributed by atoms with E-state index in [2.05, 4.69) is 94.8 Å². The number of benzene rings is 2. The first-order valence-electron chi connectivity index (χ1n) is 25.5. The standard InChI is InChI=1S/C30H40N2O4S.C27H35IN2O4S/c1-20(2)16-25-31-18-24(37-25)29-27(22-13-14-22)28(32-36-29)23(17-26(33)35-30(3,4)5)12-9-15-34-19-21-10-7-6-8-11-21;1-18(2)14-22-29-16-21(35-22)26-24(28)25(30-34-26)20(15-23(31)33-27(3,4)5)12-9-13-32-17-19-10-7-6-8-11-19/h6-8,10-11,18,20,22-23H,9,12-17,19H2,1-5H3;6-8,10-11,16,18,20H,9,12-15,17H2,1-5H3/t23-;20-/m00/s1. The van der Waals surface area contributed by atoms with Gasteiger partial charge in [0.05, 0.1) is 55.1 Å². The van der Waals surface area contributed by atoms with Crippen molar-refractivity contribution in [2.75, 3.05) is 13.2 Å². The molecule has 2 atom stereocenters. The highest BCUT2D eigenvalue weighted by Crippen LogP contribution is 2.50. The topological polar surface area (TPSA) is 149 Å². The van der Waals surface area contributed by atoms with Crippen LogP contribution < -0.4 is 0 Å². The van der Waals surface area contributed by atoms with Gasteiger partial charge in [0.25, 0.3) is 0 Å². The molecule has 0 unspecified atom stereocenters. The summed E-state index contributed by atoms with van der Waals surface area (Å²) in [4.78, 5) is 36.7. The van der Waals surface area contributed by atoms with Crippen LogP contribution in [0.2, 0.25) is 0 Å². The molecule has 1 aliphatic rings. The lowest BCUT2D eigenvalue weighted by atomic mass is 9.90. The second-order valence-corrected chi connectivity index (χ2v) is 24.9. The molecule has 2 aromatic carbocycles. The zero-order valence-electron chi connectivity index (χ0n) is 44.0. The number of esters is 2. The molecule has 0 bridgehead atoms. The van der Waals surface area contributed by atoms with Gasteiger partial charge in [0.1, 0.15) is 16.9 Å². The first kappa shape index (κ1) is 57.0. The van der Waals surface area contributed by atoms with Crippen LogP contribution in [0, 0.1) is 15.4 Å². The Kier molecular flexibility index (Phi) is 21.6. The van der Waals surface area contributed by atoms with Crippen molar-refractivity contribution >= 4 is 57.2 Å². The van der Waals surface area contributed by atoms with E-state index in [0.717, 1.165) is 109 Å². The quantitative estimate of drug-likeness (QED) is 0.0305. The first-order chi connectivity index (χ1) is 34.3. The van der Waals surface area contributed by atoms with Crippen LogP contribution in [0.1, 0.15) is 176 Å². The van der Waals surface area contributed by atoms with E-state index in [4.69, 9.17) is 28.0 Å². The third-order valence-corrected chi connectivity index (χ3v) is 14.5. The minimum Gasteiger partial charge on any atom is -0.460 e. The van der Waals surface area contributed by atoms with E-state index in [-0.39, 0.29) is 36.6 Å². The maximum atomic E-state index is 12.9. The molecule has 4 heterocycles. The molecule has 0 N–H and O–H groups in total. The number of carbonyl (C=O) groups excluding carboxylic acids is 2. The highest BCUT2D eigenvalue weighted by molar-refractivity contribution is 14.1. The lowest BCUT2D eigenvalue weighted by Crippen LogP contribution is -2.25. The third kappa shape index (κ3) is 18.9. The van der Waals surface area contributed by atoms with E-state index in [1.807, 2.05) is 90.3 Å². The molecule has 0 spiro atoms. The maximum absolute atomic E-state index is 12.9. The van der Waals surface area contributed by atoms with E-state index in [1.165, 1.54) is 5.56 Å². The highest BCUT2D eigenvalue weighted by atomic mass is 127. The zero-order chi connectivity index (χ0) is 51.8. The van der Waals surface area contributed by atoms with Gasteiger partial charge in [-0.05, 0) is 132 Å². The molecule has 390 valence electrons. The number of nitrogens with zero attached hydrogens (tertiary/aromatic N) is 4. The molecular formula is C57H75IN4O8S2. The molecule has 7 rings (SSSR count). The van der Waals surface area contributed by atoms with Gasteiger partial charge in [0, 0.05) is 55.8 Å². The fraction of sp³-hybridized carbons (Fsp3) is 0.544. The van der Waals surface area contributed by atoms with Crippen LogP contribution in [-0.4, -0.2) is 56.6 Å². The third-order valence-electron chi connectivity index (χ3n) is 11.5. The van der Waals surface area contributed by atoms with E-state index in [1.54, 1.807) is 22.7 Å². The molecule has 1 aliphatic carbocycles. The van der Waals surface area contributed by atoms with Crippen LogP contribution in [-0.2, 0) is 54.6 Å². The van der Waals surface area contributed by atoms with Crippen molar-refractivity contribution in [1.82, 2.24) is 20.3 Å². The van der Waals surface area contributed by atoms with Gasteiger partial charge in [-0.1, -0.05) is 98.7 Å². The lowest BCUT2D eigenvalue weighted by Gasteiger charge is -2.22. The smallest absolute Gasteiger partial charge is 0.306 e. The fourth-order valence-corrected chi connectivity index (χ4v) is 11.5. The molecule has 0 aliphatic heterocycles. The molecular weight excluding hydrogens is 1060 g/mol. The SMILES string of the molecule is CC(C)Cc1ncc(-c2onc([C@@H](CCCOCc3ccccc3)CC(=O)OC(C)(C)C)c2C2CC2)s1.CC(C)Cc1ncc(-c2onc([C@@H](CCCOCc3ccccc3)CC(=O)OC(C)(C)C)c2I)s1. The van der Waals surface area contributed by atoms with Crippen molar-refractivity contribution in [3.63, 3.8) is 0 Å². The van der Waals surface area contributed by atoms with Crippen molar-refractivity contribution in [3.8, 4) is 21.3 Å². The summed E-state index contributed by atoms with van der Waals surface area (Å²) in [5.41, 5.74) is 4.13. The highest BCUT2D eigenvalue weighted by Gasteiger charge is 2.37. The molecule has 6 aromatic rings. The van der Waals surface area contributed by atoms with E-state index < -0.39 is 11.2 Å². The van der Waals surface area contributed by atoms with Crippen molar-refractivity contribution in [2.24, 2.45) is 11.8 Å². The summed E-state index contributed by atoms with van der Waals surface area (Å²) >= 11 is 5.60. The van der Waals surface area contributed by atoms with Crippen molar-refractivity contribution in [3.05, 3.63) is 115 Å². The molecule has 12 nitrogen and oxygen atoms in total. The summed E-state index contributed by atoms with van der Waals surface area (Å²) in [7, 11) is 0. The number of ether oxygens (including phenoxy) is 4. The monoisotopic (exact) mass is 1130 g/mol. The van der Waals surface area contributed by atoms with Gasteiger partial charge in [-0.15, -0.1) is 22.7 Å². The minimum atomic E-state index is -0.530. The summed E-state index contributed by atoms with van der Waals surface area (Å²) in [5.74, 6) is 2.46. The summed E-state index contributed by atoms with van der Waals surface area (Å²) in [6.07, 6.45) is 11.6. The average Bonchev–Trinajstić information content (AvgIpc) is 3.60. The average molecular weight is 1140 g/mol. The Morgan fingerprint density at radius 1 is 0.653 bits per heavy atom. The Hall–Kier alpha value is -4.29. The van der Waals surface area contributed by atoms with E-state index in [9.17, 15) is 9.59 Å². The number of aromatic nitrogens is 4. The maximum Gasteiger partial charge on any atom is 0.306 e. The number of hydrogen-bond donors (Lipinski definition) is 0. The van der Waals surface area contributed by atoms with Crippen molar-refractivity contribution in [2.45, 2.75) is 176 Å². The van der Waals surface area contributed by atoms with Gasteiger partial charge in [-0.2, -0.15) is 0 Å². The predicted octanol–water partition coefficient (Wildman–Crippen LogP) is 15.1. The molecule has 1 saturated carbocycles. The van der Waals surface area contributed by atoms with Crippen molar-refractivity contribution < 1.29 is 37.6 Å². The van der Waals surface area contributed by atoms with Crippen LogP contribution >= 0.6 is 45.3 Å². The van der Waals surface area contributed by atoms with Gasteiger partial charge in [-0.25, -0.2) is 9.97 Å². The number of rotatable bonds is 25. The summed E-state index contributed by atoms with van der Waals surface area (Å²) in [5, 5.41) is 11.2. The largest absolute Gasteiger partial charge is 0.460 e.